The molecule has 1 aliphatic heterocycles. The molecule has 1 N–H and O–H groups in total. The van der Waals surface area contributed by atoms with Crippen LogP contribution in [0, 0.1) is 0 Å². The second-order valence-corrected chi connectivity index (χ2v) is 5.84. The third-order valence-electron chi connectivity index (χ3n) is 3.71. The largest absolute Gasteiger partial charge is 0.493 e. The Hall–Kier alpha value is -3.12. The van der Waals surface area contributed by atoms with Gasteiger partial charge in [-0.05, 0) is 43.3 Å². The van der Waals surface area contributed by atoms with Crippen LogP contribution in [0.3, 0.4) is 0 Å². The molecule has 1 heterocycles. The molecule has 0 saturated carbocycles. The molecule has 2 aromatic carbocycles. The van der Waals surface area contributed by atoms with Gasteiger partial charge in [-0.25, -0.2) is 9.69 Å². The van der Waals surface area contributed by atoms with Crippen molar-refractivity contribution in [3.05, 3.63) is 64.7 Å². The lowest BCUT2D eigenvalue weighted by atomic mass is 10.1. The Morgan fingerprint density at radius 1 is 1.08 bits per heavy atom. The van der Waals surface area contributed by atoms with E-state index < -0.39 is 17.8 Å². The van der Waals surface area contributed by atoms with Crippen LogP contribution in [0.15, 0.2) is 54.1 Å². The normalized spacial score (nSPS) is 16.0. The van der Waals surface area contributed by atoms with Gasteiger partial charge in [0.1, 0.15) is 11.3 Å². The summed E-state index contributed by atoms with van der Waals surface area (Å²) in [6.07, 6.45) is 1.41. The van der Waals surface area contributed by atoms with Crippen molar-refractivity contribution in [2.24, 2.45) is 0 Å². The van der Waals surface area contributed by atoms with Gasteiger partial charge in [0.05, 0.1) is 12.3 Å². The number of benzene rings is 2. The zero-order chi connectivity index (χ0) is 18.7. The molecule has 6 nitrogen and oxygen atoms in total. The zero-order valence-corrected chi connectivity index (χ0v) is 14.6. The van der Waals surface area contributed by atoms with Gasteiger partial charge in [-0.3, -0.25) is 14.9 Å². The van der Waals surface area contributed by atoms with E-state index in [-0.39, 0.29) is 5.57 Å². The molecule has 0 aromatic heterocycles. The number of barbiturate groups is 1. The smallest absolute Gasteiger partial charge is 0.335 e. The second-order valence-electron chi connectivity index (χ2n) is 5.41. The number of urea groups is 1. The summed E-state index contributed by atoms with van der Waals surface area (Å²) < 4.78 is 5.51. The van der Waals surface area contributed by atoms with Gasteiger partial charge >= 0.3 is 6.03 Å². The maximum absolute atomic E-state index is 12.8. The van der Waals surface area contributed by atoms with Crippen LogP contribution in [-0.2, 0) is 9.59 Å². The molecule has 0 bridgehead atoms. The highest BCUT2D eigenvalue weighted by molar-refractivity contribution is 6.39. The summed E-state index contributed by atoms with van der Waals surface area (Å²) in [6, 6.07) is 12.4. The molecular formula is C19H15ClN2O4. The van der Waals surface area contributed by atoms with E-state index in [1.165, 1.54) is 18.2 Å². The predicted octanol–water partition coefficient (Wildman–Crippen LogP) is 3.41. The molecule has 1 aliphatic rings. The summed E-state index contributed by atoms with van der Waals surface area (Å²) in [4.78, 5) is 38.1. The van der Waals surface area contributed by atoms with Crippen molar-refractivity contribution in [1.29, 1.82) is 0 Å². The van der Waals surface area contributed by atoms with Crippen molar-refractivity contribution in [3.63, 3.8) is 0 Å². The highest BCUT2D eigenvalue weighted by Crippen LogP contribution is 2.26. The van der Waals surface area contributed by atoms with E-state index in [9.17, 15) is 14.4 Å². The quantitative estimate of drug-likeness (QED) is 0.661. The Kier molecular flexibility index (Phi) is 5.04. The van der Waals surface area contributed by atoms with Crippen molar-refractivity contribution in [2.45, 2.75) is 6.92 Å². The highest BCUT2D eigenvalue weighted by Gasteiger charge is 2.36. The summed E-state index contributed by atoms with van der Waals surface area (Å²) in [6.45, 7) is 2.28. The van der Waals surface area contributed by atoms with Gasteiger partial charge in [0.25, 0.3) is 11.8 Å². The number of hydrogen-bond acceptors (Lipinski definition) is 4. The van der Waals surface area contributed by atoms with E-state index in [0.29, 0.717) is 28.6 Å². The molecule has 0 unspecified atom stereocenters. The van der Waals surface area contributed by atoms with Crippen LogP contribution in [0.1, 0.15) is 12.5 Å². The van der Waals surface area contributed by atoms with E-state index in [0.717, 1.165) is 4.90 Å². The molecule has 132 valence electrons. The highest BCUT2D eigenvalue weighted by atomic mass is 35.5. The average molecular weight is 371 g/mol. The number of hydrogen-bond donors (Lipinski definition) is 1. The lowest BCUT2D eigenvalue weighted by Crippen LogP contribution is -2.54. The average Bonchev–Trinajstić information content (AvgIpc) is 2.61. The first kappa shape index (κ1) is 17.7. The van der Waals surface area contributed by atoms with Crippen LogP contribution in [0.5, 0.6) is 5.75 Å². The molecule has 1 saturated heterocycles. The number of para-hydroxylation sites is 1. The number of halogens is 1. The standard InChI is InChI=1S/C19H15ClN2O4/c1-2-26-16-6-4-3-5-12(16)11-15-17(23)21-19(25)22(18(15)24)14-9-7-13(20)8-10-14/h3-11H,2H2,1H3,(H,21,23,25)/b15-11+. The van der Waals surface area contributed by atoms with Gasteiger partial charge in [-0.2, -0.15) is 0 Å². The van der Waals surface area contributed by atoms with E-state index in [1.54, 1.807) is 36.4 Å². The molecular weight excluding hydrogens is 356 g/mol. The van der Waals surface area contributed by atoms with E-state index >= 15 is 0 Å². The number of carbonyl (C=O) groups excluding carboxylic acids is 3. The predicted molar refractivity (Wildman–Crippen MR) is 98.1 cm³/mol. The number of anilines is 1. The summed E-state index contributed by atoms with van der Waals surface area (Å²) in [5.41, 5.74) is 0.721. The number of amides is 4. The molecule has 4 amide bonds. The molecule has 2 aromatic rings. The fourth-order valence-corrected chi connectivity index (χ4v) is 2.65. The minimum Gasteiger partial charge on any atom is -0.493 e. The third kappa shape index (κ3) is 3.45. The van der Waals surface area contributed by atoms with Crippen molar-refractivity contribution >= 4 is 41.2 Å². The number of ether oxygens (including phenoxy) is 1. The lowest BCUT2D eigenvalue weighted by Gasteiger charge is -2.26. The minimum atomic E-state index is -0.808. The van der Waals surface area contributed by atoms with Crippen molar-refractivity contribution in [2.75, 3.05) is 11.5 Å². The van der Waals surface area contributed by atoms with E-state index in [1.807, 2.05) is 6.92 Å². The molecule has 1 fully saturated rings. The zero-order valence-electron chi connectivity index (χ0n) is 13.9. The monoisotopic (exact) mass is 370 g/mol. The SMILES string of the molecule is CCOc1ccccc1/C=C1\C(=O)NC(=O)N(c2ccc(Cl)cc2)C1=O. The Bertz CT molecular complexity index is 906. The molecule has 0 aliphatic carbocycles. The first-order valence-electron chi connectivity index (χ1n) is 7.90. The molecule has 3 rings (SSSR count). The van der Waals surface area contributed by atoms with Crippen LogP contribution in [0.25, 0.3) is 6.08 Å². The van der Waals surface area contributed by atoms with Crippen LogP contribution in [0.2, 0.25) is 5.02 Å². The van der Waals surface area contributed by atoms with Crippen molar-refractivity contribution in [1.82, 2.24) is 5.32 Å². The van der Waals surface area contributed by atoms with Gasteiger partial charge < -0.3 is 4.74 Å². The topological polar surface area (TPSA) is 75.7 Å². The number of nitrogens with zero attached hydrogens (tertiary/aromatic N) is 1. The lowest BCUT2D eigenvalue weighted by molar-refractivity contribution is -0.122. The Morgan fingerprint density at radius 3 is 2.46 bits per heavy atom. The van der Waals surface area contributed by atoms with Gasteiger partial charge in [0.2, 0.25) is 0 Å². The third-order valence-corrected chi connectivity index (χ3v) is 3.96. The van der Waals surface area contributed by atoms with Crippen LogP contribution >= 0.6 is 11.6 Å². The number of imide groups is 2. The van der Waals surface area contributed by atoms with Crippen LogP contribution in [0.4, 0.5) is 10.5 Å². The first-order chi connectivity index (χ1) is 12.5. The van der Waals surface area contributed by atoms with Gasteiger partial charge in [0.15, 0.2) is 0 Å². The van der Waals surface area contributed by atoms with Gasteiger partial charge in [-0.1, -0.05) is 29.8 Å². The number of carbonyl (C=O) groups is 3. The summed E-state index contributed by atoms with van der Waals surface area (Å²) >= 11 is 5.85. The number of nitrogens with one attached hydrogen (secondary N) is 1. The Labute approximate surface area is 155 Å². The molecule has 7 heteroatoms. The summed E-state index contributed by atoms with van der Waals surface area (Å²) in [7, 11) is 0. The molecule has 0 spiro atoms. The fraction of sp³-hybridized carbons (Fsp3) is 0.105. The summed E-state index contributed by atoms with van der Waals surface area (Å²) in [5, 5.41) is 2.65. The Morgan fingerprint density at radius 2 is 1.77 bits per heavy atom. The second kappa shape index (κ2) is 7.41. The van der Waals surface area contributed by atoms with Gasteiger partial charge in [-0.15, -0.1) is 0 Å². The molecule has 0 radical (unpaired) electrons. The Balaban J connectivity index is 2.02. The van der Waals surface area contributed by atoms with E-state index in [2.05, 4.69) is 5.32 Å². The molecule has 26 heavy (non-hydrogen) atoms. The fourth-order valence-electron chi connectivity index (χ4n) is 2.52. The maximum Gasteiger partial charge on any atom is 0.335 e. The number of rotatable bonds is 4. The van der Waals surface area contributed by atoms with Gasteiger partial charge in [0, 0.05) is 10.6 Å². The minimum absolute atomic E-state index is 0.160. The van der Waals surface area contributed by atoms with Crippen molar-refractivity contribution < 1.29 is 19.1 Å². The van der Waals surface area contributed by atoms with E-state index in [4.69, 9.17) is 16.3 Å². The van der Waals surface area contributed by atoms with Crippen LogP contribution < -0.4 is 15.0 Å². The summed E-state index contributed by atoms with van der Waals surface area (Å²) in [5.74, 6) is -0.929. The van der Waals surface area contributed by atoms with Crippen molar-refractivity contribution in [3.8, 4) is 5.75 Å². The first-order valence-corrected chi connectivity index (χ1v) is 8.28. The molecule has 0 atom stereocenters. The van der Waals surface area contributed by atoms with Crippen LogP contribution in [-0.4, -0.2) is 24.5 Å². The maximum atomic E-state index is 12.8.